The van der Waals surface area contributed by atoms with Crippen molar-refractivity contribution in [1.29, 1.82) is 0 Å². The molecule has 0 fully saturated rings. The second kappa shape index (κ2) is 8.64. The molecule has 2 amide bonds. The highest BCUT2D eigenvalue weighted by atomic mass is 16.5. The molecule has 27 heavy (non-hydrogen) atoms. The molecule has 3 rings (SSSR count). The maximum Gasteiger partial charge on any atom is 0.287 e. The number of hydrogen-bond acceptors (Lipinski definition) is 5. The van der Waals surface area contributed by atoms with Gasteiger partial charge in [-0.2, -0.15) is 5.10 Å². The van der Waals surface area contributed by atoms with Gasteiger partial charge in [-0.1, -0.05) is 18.2 Å². The molecule has 1 aromatic heterocycles. The van der Waals surface area contributed by atoms with Crippen LogP contribution in [0.2, 0.25) is 0 Å². The number of rotatable bonds is 6. The number of furan rings is 1. The summed E-state index contributed by atoms with van der Waals surface area (Å²) in [6, 6.07) is 8.91. The minimum absolute atomic E-state index is 0.270. The fourth-order valence-corrected chi connectivity index (χ4v) is 3.12. The van der Waals surface area contributed by atoms with Gasteiger partial charge >= 0.3 is 0 Å². The third-order valence-electron chi connectivity index (χ3n) is 4.45. The van der Waals surface area contributed by atoms with Crippen molar-refractivity contribution in [2.24, 2.45) is 5.10 Å². The first-order chi connectivity index (χ1) is 13.1. The molecule has 0 radical (unpaired) electrons. The van der Waals surface area contributed by atoms with E-state index in [0.29, 0.717) is 30.9 Å². The third-order valence-corrected chi connectivity index (χ3v) is 4.45. The van der Waals surface area contributed by atoms with Gasteiger partial charge < -0.3 is 14.5 Å². The van der Waals surface area contributed by atoms with Crippen molar-refractivity contribution in [2.45, 2.75) is 26.2 Å². The molecule has 2 aromatic rings. The number of benzene rings is 1. The van der Waals surface area contributed by atoms with Gasteiger partial charge in [0, 0.05) is 36.8 Å². The lowest BCUT2D eigenvalue weighted by Crippen LogP contribution is -2.27. The first kappa shape index (κ1) is 18.8. The van der Waals surface area contributed by atoms with E-state index in [-0.39, 0.29) is 11.8 Å². The predicted octanol–water partition coefficient (Wildman–Crippen LogP) is 2.43. The fourth-order valence-electron chi connectivity index (χ4n) is 3.12. The summed E-state index contributed by atoms with van der Waals surface area (Å²) in [5.74, 6) is 0.490. The topological polar surface area (TPSA) is 92.9 Å². The molecule has 0 unspecified atom stereocenters. The van der Waals surface area contributed by atoms with Crippen molar-refractivity contribution in [2.75, 3.05) is 20.3 Å². The Bertz CT molecular complexity index is 856. The van der Waals surface area contributed by atoms with Crippen LogP contribution in [0, 0.1) is 6.92 Å². The van der Waals surface area contributed by atoms with Crippen LogP contribution >= 0.6 is 0 Å². The molecule has 7 nitrogen and oxygen atoms in total. The molecule has 1 heterocycles. The molecular weight excluding hydrogens is 346 g/mol. The molecule has 142 valence electrons. The van der Waals surface area contributed by atoms with Crippen LogP contribution in [0.25, 0.3) is 0 Å². The number of aryl methyl sites for hydroxylation is 1. The second-order valence-electron chi connectivity index (χ2n) is 6.32. The van der Waals surface area contributed by atoms with Gasteiger partial charge in [0.1, 0.15) is 5.76 Å². The molecule has 0 aliphatic heterocycles. The first-order valence-corrected chi connectivity index (χ1v) is 8.93. The lowest BCUT2D eigenvalue weighted by molar-refractivity contribution is 0.0906. The van der Waals surface area contributed by atoms with Gasteiger partial charge in [0.15, 0.2) is 5.76 Å². The fraction of sp³-hybridized carbons (Fsp3) is 0.350. The summed E-state index contributed by atoms with van der Waals surface area (Å²) in [4.78, 5) is 24.6. The summed E-state index contributed by atoms with van der Waals surface area (Å²) in [5.41, 5.74) is 5.45. The molecule has 0 bridgehead atoms. The lowest BCUT2D eigenvalue weighted by atomic mass is 9.93. The van der Waals surface area contributed by atoms with Crippen molar-refractivity contribution in [3.63, 3.8) is 0 Å². The van der Waals surface area contributed by atoms with Gasteiger partial charge in [-0.25, -0.2) is 5.43 Å². The Kier molecular flexibility index (Phi) is 6.03. The van der Waals surface area contributed by atoms with E-state index in [4.69, 9.17) is 9.15 Å². The average molecular weight is 369 g/mol. The van der Waals surface area contributed by atoms with Crippen molar-refractivity contribution in [1.82, 2.24) is 10.7 Å². The first-order valence-electron chi connectivity index (χ1n) is 8.93. The van der Waals surface area contributed by atoms with Crippen LogP contribution in [-0.4, -0.2) is 37.8 Å². The number of carbonyl (C=O) groups is 2. The molecule has 1 aliphatic rings. The Morgan fingerprint density at radius 1 is 1.19 bits per heavy atom. The van der Waals surface area contributed by atoms with E-state index in [1.807, 2.05) is 13.0 Å². The number of nitrogens with one attached hydrogen (secondary N) is 2. The Balaban J connectivity index is 1.79. The number of fused-ring (bicyclic) bond motifs is 1. The van der Waals surface area contributed by atoms with E-state index in [9.17, 15) is 9.59 Å². The van der Waals surface area contributed by atoms with Crippen LogP contribution in [-0.2, 0) is 11.2 Å². The highest BCUT2D eigenvalue weighted by Gasteiger charge is 2.28. The summed E-state index contributed by atoms with van der Waals surface area (Å²) in [6.07, 6.45) is 2.31. The van der Waals surface area contributed by atoms with Gasteiger partial charge in [-0.05, 0) is 31.9 Å². The lowest BCUT2D eigenvalue weighted by Gasteiger charge is -2.13. The summed E-state index contributed by atoms with van der Waals surface area (Å²) < 4.78 is 10.7. The second-order valence-corrected chi connectivity index (χ2v) is 6.32. The van der Waals surface area contributed by atoms with Crippen LogP contribution < -0.4 is 10.7 Å². The van der Waals surface area contributed by atoms with Crippen molar-refractivity contribution in [3.8, 4) is 0 Å². The standard InChI is InChI=1S/C20H23N3O4/c1-13-17-15(22-23-19(24)14-7-4-3-5-8-14)9-6-10-16(17)27-18(13)20(25)21-11-12-26-2/h3-5,7-8H,6,9-12H2,1-2H3,(H,21,25)(H,23,24)/b22-15+. The summed E-state index contributed by atoms with van der Waals surface area (Å²) in [7, 11) is 1.58. The van der Waals surface area contributed by atoms with Crippen LogP contribution in [0.15, 0.2) is 39.9 Å². The Morgan fingerprint density at radius 2 is 1.96 bits per heavy atom. The van der Waals surface area contributed by atoms with Gasteiger partial charge in [0.2, 0.25) is 0 Å². The Hall–Kier alpha value is -2.93. The van der Waals surface area contributed by atoms with E-state index in [2.05, 4.69) is 15.8 Å². The zero-order valence-corrected chi connectivity index (χ0v) is 15.5. The zero-order valence-electron chi connectivity index (χ0n) is 15.5. The number of hydrazone groups is 1. The number of ether oxygens (including phenoxy) is 1. The number of amides is 2. The molecule has 1 aromatic carbocycles. The van der Waals surface area contributed by atoms with Crippen molar-refractivity contribution < 1.29 is 18.7 Å². The molecule has 1 aliphatic carbocycles. The van der Waals surface area contributed by atoms with Gasteiger partial charge in [0.25, 0.3) is 11.8 Å². The van der Waals surface area contributed by atoms with E-state index in [0.717, 1.165) is 35.4 Å². The van der Waals surface area contributed by atoms with E-state index in [1.54, 1.807) is 31.4 Å². The highest BCUT2D eigenvalue weighted by Crippen LogP contribution is 2.29. The SMILES string of the molecule is COCCNC(=O)c1oc2c(c1C)/C(=N/NC(=O)c1ccccc1)CCC2. The highest BCUT2D eigenvalue weighted by molar-refractivity contribution is 6.07. The quantitative estimate of drug-likeness (QED) is 0.604. The number of nitrogens with zero attached hydrogens (tertiary/aromatic N) is 1. The monoisotopic (exact) mass is 369 g/mol. The maximum atomic E-state index is 12.3. The van der Waals surface area contributed by atoms with Gasteiger partial charge in [-0.3, -0.25) is 9.59 Å². The maximum absolute atomic E-state index is 12.3. The van der Waals surface area contributed by atoms with Crippen molar-refractivity contribution >= 4 is 17.5 Å². The predicted molar refractivity (Wildman–Crippen MR) is 101 cm³/mol. The van der Waals surface area contributed by atoms with Gasteiger partial charge in [-0.15, -0.1) is 0 Å². The van der Waals surface area contributed by atoms with E-state index >= 15 is 0 Å². The molecule has 7 heteroatoms. The summed E-state index contributed by atoms with van der Waals surface area (Å²) >= 11 is 0. The van der Waals surface area contributed by atoms with Gasteiger partial charge in [0.05, 0.1) is 12.3 Å². The zero-order chi connectivity index (χ0) is 19.2. The number of carbonyl (C=O) groups excluding carboxylic acids is 2. The van der Waals surface area contributed by atoms with Crippen LogP contribution in [0.5, 0.6) is 0 Å². The molecule has 0 saturated heterocycles. The normalized spacial score (nSPS) is 14.7. The molecule has 2 N–H and O–H groups in total. The van der Waals surface area contributed by atoms with Crippen LogP contribution in [0.3, 0.4) is 0 Å². The molecule has 0 spiro atoms. The van der Waals surface area contributed by atoms with E-state index in [1.165, 1.54) is 0 Å². The number of methoxy groups -OCH3 is 1. The minimum Gasteiger partial charge on any atom is -0.455 e. The molecule has 0 atom stereocenters. The van der Waals surface area contributed by atoms with Crippen LogP contribution in [0.1, 0.15) is 50.6 Å². The minimum atomic E-state index is -0.272. The average Bonchev–Trinajstić information content (AvgIpc) is 3.04. The smallest absolute Gasteiger partial charge is 0.287 e. The third kappa shape index (κ3) is 4.25. The van der Waals surface area contributed by atoms with E-state index < -0.39 is 0 Å². The number of hydrogen-bond donors (Lipinski definition) is 2. The Morgan fingerprint density at radius 3 is 2.70 bits per heavy atom. The summed E-state index contributed by atoms with van der Waals surface area (Å²) in [6.45, 7) is 2.69. The summed E-state index contributed by atoms with van der Waals surface area (Å²) in [5, 5.41) is 7.08. The molecule has 0 saturated carbocycles. The molecular formula is C20H23N3O4. The van der Waals surface area contributed by atoms with Crippen molar-refractivity contribution in [3.05, 3.63) is 58.5 Å². The largest absolute Gasteiger partial charge is 0.455 e. The van der Waals surface area contributed by atoms with Crippen LogP contribution in [0.4, 0.5) is 0 Å². The Labute approximate surface area is 157 Å².